The molecule has 78 valence electrons. The van der Waals surface area contributed by atoms with Crippen LogP contribution in [0.5, 0.6) is 0 Å². The maximum Gasteiger partial charge on any atom is 0.143 e. The molecule has 1 aromatic rings. The molecule has 1 aromatic carbocycles. The summed E-state index contributed by atoms with van der Waals surface area (Å²) in [4.78, 5) is 0. The average Bonchev–Trinajstić information content (AvgIpc) is 2.10. The lowest BCUT2D eigenvalue weighted by Gasteiger charge is -2.08. The van der Waals surface area contributed by atoms with Crippen molar-refractivity contribution in [1.82, 2.24) is 0 Å². The standard InChI is InChI=1S/C10H13ClFNO/c1-7(14)4-5-13-8-2-3-9(11)10(12)6-8/h2-3,6-7,13-14H,4-5H2,1H3. The van der Waals surface area contributed by atoms with Gasteiger partial charge in [-0.3, -0.25) is 0 Å². The van der Waals surface area contributed by atoms with E-state index in [-0.39, 0.29) is 11.1 Å². The molecule has 0 spiro atoms. The molecule has 0 aliphatic carbocycles. The van der Waals surface area contributed by atoms with Crippen LogP contribution in [-0.2, 0) is 0 Å². The van der Waals surface area contributed by atoms with Crippen LogP contribution < -0.4 is 5.32 Å². The summed E-state index contributed by atoms with van der Waals surface area (Å²) in [5.41, 5.74) is 0.674. The van der Waals surface area contributed by atoms with Gasteiger partial charge in [-0.05, 0) is 31.5 Å². The number of hydrogen-bond acceptors (Lipinski definition) is 2. The second kappa shape index (κ2) is 5.17. The number of benzene rings is 1. The molecule has 0 amide bonds. The van der Waals surface area contributed by atoms with Crippen molar-refractivity contribution in [3.05, 3.63) is 29.0 Å². The lowest BCUT2D eigenvalue weighted by Crippen LogP contribution is -2.09. The van der Waals surface area contributed by atoms with Gasteiger partial charge in [0.25, 0.3) is 0 Å². The smallest absolute Gasteiger partial charge is 0.143 e. The third-order valence-corrected chi connectivity index (χ3v) is 2.12. The molecule has 4 heteroatoms. The van der Waals surface area contributed by atoms with Gasteiger partial charge in [0, 0.05) is 12.2 Å². The Labute approximate surface area is 87.7 Å². The first-order chi connectivity index (χ1) is 6.59. The molecular weight excluding hydrogens is 205 g/mol. The summed E-state index contributed by atoms with van der Waals surface area (Å²) in [5, 5.41) is 12.1. The first-order valence-corrected chi connectivity index (χ1v) is 4.84. The predicted octanol–water partition coefficient (Wildman–Crippen LogP) is 2.66. The Bertz CT molecular complexity index is 304. The van der Waals surface area contributed by atoms with Gasteiger partial charge in [0.1, 0.15) is 5.82 Å². The van der Waals surface area contributed by atoms with Gasteiger partial charge in [0.2, 0.25) is 0 Å². The van der Waals surface area contributed by atoms with Gasteiger partial charge < -0.3 is 10.4 Å². The number of nitrogens with one attached hydrogen (secondary N) is 1. The fraction of sp³-hybridized carbons (Fsp3) is 0.400. The van der Waals surface area contributed by atoms with Crippen LogP contribution in [0.1, 0.15) is 13.3 Å². The van der Waals surface area contributed by atoms with Gasteiger partial charge >= 0.3 is 0 Å². The highest BCUT2D eigenvalue weighted by atomic mass is 35.5. The van der Waals surface area contributed by atoms with Crippen molar-refractivity contribution in [3.8, 4) is 0 Å². The van der Waals surface area contributed by atoms with Crippen molar-refractivity contribution in [3.63, 3.8) is 0 Å². The van der Waals surface area contributed by atoms with E-state index in [0.717, 1.165) is 0 Å². The van der Waals surface area contributed by atoms with Crippen LogP contribution in [0, 0.1) is 5.82 Å². The summed E-state index contributed by atoms with van der Waals surface area (Å²) in [6.07, 6.45) is 0.282. The van der Waals surface area contributed by atoms with E-state index in [9.17, 15) is 4.39 Å². The van der Waals surface area contributed by atoms with Crippen LogP contribution in [0.15, 0.2) is 18.2 Å². The quantitative estimate of drug-likeness (QED) is 0.813. The minimum atomic E-state index is -0.436. The molecule has 0 aliphatic heterocycles. The third kappa shape index (κ3) is 3.52. The molecule has 0 saturated heterocycles. The van der Waals surface area contributed by atoms with E-state index in [2.05, 4.69) is 5.32 Å². The Hall–Kier alpha value is -0.800. The third-order valence-electron chi connectivity index (χ3n) is 1.81. The molecule has 0 fully saturated rings. The van der Waals surface area contributed by atoms with Crippen molar-refractivity contribution < 1.29 is 9.50 Å². The predicted molar refractivity (Wildman–Crippen MR) is 56.2 cm³/mol. The molecule has 1 unspecified atom stereocenters. The van der Waals surface area contributed by atoms with E-state index in [1.165, 1.54) is 12.1 Å². The van der Waals surface area contributed by atoms with Crippen molar-refractivity contribution in [2.45, 2.75) is 19.4 Å². The topological polar surface area (TPSA) is 32.3 Å². The first-order valence-electron chi connectivity index (χ1n) is 4.46. The van der Waals surface area contributed by atoms with E-state index in [1.54, 1.807) is 13.0 Å². The molecule has 0 radical (unpaired) electrons. The summed E-state index contributed by atoms with van der Waals surface area (Å²) in [7, 11) is 0. The number of halogens is 2. The van der Waals surface area contributed by atoms with Crippen LogP contribution in [-0.4, -0.2) is 17.8 Å². The molecule has 14 heavy (non-hydrogen) atoms. The Morgan fingerprint density at radius 3 is 2.86 bits per heavy atom. The fourth-order valence-corrected chi connectivity index (χ4v) is 1.15. The molecule has 1 atom stereocenters. The van der Waals surface area contributed by atoms with Crippen molar-refractivity contribution in [1.29, 1.82) is 0 Å². The van der Waals surface area contributed by atoms with Crippen LogP contribution in [0.4, 0.5) is 10.1 Å². The molecule has 2 nitrogen and oxygen atoms in total. The summed E-state index contributed by atoms with van der Waals surface area (Å²) in [5.74, 6) is -0.436. The number of hydrogen-bond donors (Lipinski definition) is 2. The molecule has 0 bridgehead atoms. The monoisotopic (exact) mass is 217 g/mol. The number of aliphatic hydroxyl groups is 1. The average molecular weight is 218 g/mol. The van der Waals surface area contributed by atoms with Crippen molar-refractivity contribution in [2.75, 3.05) is 11.9 Å². The SMILES string of the molecule is CC(O)CCNc1ccc(Cl)c(F)c1. The zero-order valence-electron chi connectivity index (χ0n) is 7.93. The van der Waals surface area contributed by atoms with E-state index in [0.29, 0.717) is 18.7 Å². The highest BCUT2D eigenvalue weighted by Crippen LogP contribution is 2.18. The molecule has 1 rings (SSSR count). The largest absolute Gasteiger partial charge is 0.393 e. The van der Waals surface area contributed by atoms with Crippen LogP contribution in [0.2, 0.25) is 5.02 Å². The van der Waals surface area contributed by atoms with Crippen LogP contribution in [0.3, 0.4) is 0 Å². The van der Waals surface area contributed by atoms with Crippen LogP contribution in [0.25, 0.3) is 0 Å². The Balaban J connectivity index is 2.47. The molecular formula is C10H13ClFNO. The summed E-state index contributed by atoms with van der Waals surface area (Å²) in [6, 6.07) is 4.54. The highest BCUT2D eigenvalue weighted by Gasteiger charge is 2.00. The molecule has 0 heterocycles. The van der Waals surface area contributed by atoms with Gasteiger partial charge in [-0.1, -0.05) is 11.6 Å². The molecule has 0 saturated carbocycles. The minimum Gasteiger partial charge on any atom is -0.393 e. The maximum absolute atomic E-state index is 12.9. The van der Waals surface area contributed by atoms with E-state index >= 15 is 0 Å². The van der Waals surface area contributed by atoms with Gasteiger partial charge in [0.15, 0.2) is 0 Å². The number of rotatable bonds is 4. The Kier molecular flexibility index (Phi) is 4.17. The van der Waals surface area contributed by atoms with E-state index in [1.807, 2.05) is 0 Å². The minimum absolute atomic E-state index is 0.117. The summed E-state index contributed by atoms with van der Waals surface area (Å²) in [6.45, 7) is 2.32. The molecule has 0 aromatic heterocycles. The second-order valence-electron chi connectivity index (χ2n) is 3.19. The Morgan fingerprint density at radius 2 is 2.29 bits per heavy atom. The van der Waals surface area contributed by atoms with Gasteiger partial charge in [-0.15, -0.1) is 0 Å². The first kappa shape index (κ1) is 11.3. The normalized spacial score (nSPS) is 12.6. The second-order valence-corrected chi connectivity index (χ2v) is 3.60. The lowest BCUT2D eigenvalue weighted by atomic mass is 10.2. The molecule has 0 aliphatic rings. The zero-order valence-corrected chi connectivity index (χ0v) is 8.68. The van der Waals surface area contributed by atoms with Crippen molar-refractivity contribution in [2.24, 2.45) is 0 Å². The summed E-state index contributed by atoms with van der Waals surface area (Å²) >= 11 is 5.52. The lowest BCUT2D eigenvalue weighted by molar-refractivity contribution is 0.189. The van der Waals surface area contributed by atoms with Gasteiger partial charge in [-0.25, -0.2) is 4.39 Å². The maximum atomic E-state index is 12.9. The fourth-order valence-electron chi connectivity index (χ4n) is 1.03. The van der Waals surface area contributed by atoms with Crippen LogP contribution >= 0.6 is 11.6 Å². The van der Waals surface area contributed by atoms with E-state index < -0.39 is 5.82 Å². The van der Waals surface area contributed by atoms with Gasteiger partial charge in [0.05, 0.1) is 11.1 Å². The van der Waals surface area contributed by atoms with Crippen molar-refractivity contribution >= 4 is 17.3 Å². The zero-order chi connectivity index (χ0) is 10.6. The number of aliphatic hydroxyl groups excluding tert-OH is 1. The van der Waals surface area contributed by atoms with E-state index in [4.69, 9.17) is 16.7 Å². The van der Waals surface area contributed by atoms with Gasteiger partial charge in [-0.2, -0.15) is 0 Å². The Morgan fingerprint density at radius 1 is 1.57 bits per heavy atom. The summed E-state index contributed by atoms with van der Waals surface area (Å²) < 4.78 is 12.9. The highest BCUT2D eigenvalue weighted by molar-refractivity contribution is 6.30. The number of anilines is 1. The molecule has 2 N–H and O–H groups in total.